The summed E-state index contributed by atoms with van der Waals surface area (Å²) in [7, 11) is 0. The molecule has 2 aliphatic heterocycles. The molecule has 136 valence electrons. The minimum atomic E-state index is 0. The van der Waals surface area contributed by atoms with Gasteiger partial charge in [0.05, 0.1) is 13.2 Å². The summed E-state index contributed by atoms with van der Waals surface area (Å²) in [4.78, 5) is 5.00. The van der Waals surface area contributed by atoms with Crippen molar-refractivity contribution in [3.8, 4) is 0 Å². The van der Waals surface area contributed by atoms with Gasteiger partial charge in [0, 0.05) is 48.9 Å². The fraction of sp³-hybridized carbons (Fsp3) is 0.667. The average molecular weight is 419 g/mol. The van der Waals surface area contributed by atoms with Crippen LogP contribution in [0.25, 0.3) is 0 Å². The smallest absolute Gasteiger partial charge is 0.0642 e. The van der Waals surface area contributed by atoms with Gasteiger partial charge in [-0.3, -0.25) is 4.90 Å². The highest BCUT2D eigenvalue weighted by atomic mass is 79.9. The number of rotatable bonds is 3. The molecule has 2 aliphatic rings. The third-order valence-electron chi connectivity index (χ3n) is 5.18. The first-order valence-corrected chi connectivity index (χ1v) is 9.34. The molecule has 1 atom stereocenters. The number of likely N-dealkylation sites (tertiary alicyclic amines) is 1. The number of nitrogens with zero attached hydrogens (tertiary/aromatic N) is 2. The predicted octanol–water partition coefficient (Wildman–Crippen LogP) is 3.27. The Morgan fingerprint density at radius 1 is 1.25 bits per heavy atom. The summed E-state index contributed by atoms with van der Waals surface area (Å²) in [5.74, 6) is 0. The van der Waals surface area contributed by atoms with E-state index >= 15 is 0 Å². The second kappa shape index (κ2) is 8.37. The van der Waals surface area contributed by atoms with E-state index in [1.165, 1.54) is 11.3 Å². The van der Waals surface area contributed by atoms with Gasteiger partial charge in [-0.2, -0.15) is 0 Å². The van der Waals surface area contributed by atoms with Crippen molar-refractivity contribution in [1.29, 1.82) is 0 Å². The van der Waals surface area contributed by atoms with Crippen molar-refractivity contribution in [3.63, 3.8) is 0 Å². The third kappa shape index (κ3) is 4.64. The number of halogens is 2. The number of benzene rings is 1. The summed E-state index contributed by atoms with van der Waals surface area (Å²) < 4.78 is 6.65. The first-order valence-electron chi connectivity index (χ1n) is 8.55. The zero-order chi connectivity index (χ0) is 16.4. The van der Waals surface area contributed by atoms with Crippen LogP contribution in [-0.2, 0) is 11.3 Å². The van der Waals surface area contributed by atoms with E-state index < -0.39 is 0 Å². The average Bonchev–Trinajstić information content (AvgIpc) is 2.53. The lowest BCUT2D eigenvalue weighted by atomic mass is 9.79. The van der Waals surface area contributed by atoms with Crippen LogP contribution in [0.2, 0.25) is 0 Å². The number of nitrogens with two attached hydrogens (primary N) is 1. The van der Waals surface area contributed by atoms with Crippen molar-refractivity contribution in [2.24, 2.45) is 11.1 Å². The van der Waals surface area contributed by atoms with E-state index in [1.807, 2.05) is 0 Å². The van der Waals surface area contributed by atoms with E-state index in [4.69, 9.17) is 10.5 Å². The molecule has 6 heteroatoms. The first-order chi connectivity index (χ1) is 11.0. The van der Waals surface area contributed by atoms with Gasteiger partial charge in [-0.1, -0.05) is 35.8 Å². The van der Waals surface area contributed by atoms with E-state index in [2.05, 4.69) is 57.8 Å². The highest BCUT2D eigenvalue weighted by Gasteiger charge is 2.33. The van der Waals surface area contributed by atoms with E-state index in [1.54, 1.807) is 0 Å². The van der Waals surface area contributed by atoms with Crippen LogP contribution in [0.1, 0.15) is 25.8 Å². The number of hydrogen-bond acceptors (Lipinski definition) is 4. The van der Waals surface area contributed by atoms with Crippen molar-refractivity contribution < 1.29 is 4.74 Å². The van der Waals surface area contributed by atoms with Crippen molar-refractivity contribution in [3.05, 3.63) is 28.2 Å². The molecule has 0 bridgehead atoms. The highest BCUT2D eigenvalue weighted by molar-refractivity contribution is 9.10. The number of morpholine rings is 1. The number of ether oxygens (including phenoxy) is 1. The molecule has 2 N–H and O–H groups in total. The van der Waals surface area contributed by atoms with Crippen molar-refractivity contribution in [1.82, 2.24) is 4.90 Å². The Morgan fingerprint density at radius 3 is 2.62 bits per heavy atom. The molecule has 24 heavy (non-hydrogen) atoms. The van der Waals surface area contributed by atoms with Gasteiger partial charge in [-0.15, -0.1) is 12.4 Å². The highest BCUT2D eigenvalue weighted by Crippen LogP contribution is 2.31. The fourth-order valence-electron chi connectivity index (χ4n) is 3.63. The summed E-state index contributed by atoms with van der Waals surface area (Å²) in [6.07, 6.45) is 1.08. The van der Waals surface area contributed by atoms with Crippen LogP contribution in [0, 0.1) is 5.41 Å². The van der Waals surface area contributed by atoms with Crippen LogP contribution in [0.4, 0.5) is 5.69 Å². The van der Waals surface area contributed by atoms with E-state index in [9.17, 15) is 0 Å². The Hall–Kier alpha value is -0.330. The molecule has 1 unspecified atom stereocenters. The van der Waals surface area contributed by atoms with Crippen molar-refractivity contribution >= 4 is 34.0 Å². The molecule has 0 radical (unpaired) electrons. The van der Waals surface area contributed by atoms with Crippen LogP contribution < -0.4 is 10.6 Å². The maximum atomic E-state index is 6.28. The number of anilines is 1. The van der Waals surface area contributed by atoms with Crippen LogP contribution in [0.3, 0.4) is 0 Å². The van der Waals surface area contributed by atoms with Gasteiger partial charge in [0.25, 0.3) is 0 Å². The van der Waals surface area contributed by atoms with Crippen LogP contribution >= 0.6 is 28.3 Å². The molecule has 2 saturated heterocycles. The van der Waals surface area contributed by atoms with E-state index in [0.29, 0.717) is 6.04 Å². The van der Waals surface area contributed by atoms with E-state index in [-0.39, 0.29) is 17.8 Å². The molecule has 0 amide bonds. The molecule has 3 rings (SSSR count). The van der Waals surface area contributed by atoms with Gasteiger partial charge >= 0.3 is 0 Å². The summed E-state index contributed by atoms with van der Waals surface area (Å²) in [6, 6.07) is 6.97. The maximum absolute atomic E-state index is 6.28. The van der Waals surface area contributed by atoms with Gasteiger partial charge in [0.2, 0.25) is 0 Å². The zero-order valence-electron chi connectivity index (χ0n) is 14.6. The first kappa shape index (κ1) is 20.0. The predicted molar refractivity (Wildman–Crippen MR) is 106 cm³/mol. The van der Waals surface area contributed by atoms with Gasteiger partial charge < -0.3 is 15.4 Å². The van der Waals surface area contributed by atoms with Crippen LogP contribution in [0.5, 0.6) is 0 Å². The van der Waals surface area contributed by atoms with Gasteiger partial charge in [-0.05, 0) is 29.5 Å². The largest absolute Gasteiger partial charge is 0.378 e. The molecule has 1 aromatic rings. The lowest BCUT2D eigenvalue weighted by molar-refractivity contribution is 0.0897. The Kier molecular flexibility index (Phi) is 6.97. The van der Waals surface area contributed by atoms with E-state index in [0.717, 1.165) is 56.8 Å². The topological polar surface area (TPSA) is 41.7 Å². The standard InChI is InChI=1S/C18H28BrN3O.ClH/c1-18(2)13-21(6-5-17(18)20)12-14-3-4-15(19)11-16(14)22-7-9-23-10-8-22;/h3-4,11,17H,5-10,12-13,20H2,1-2H3;1H. The molecule has 0 aliphatic carbocycles. The summed E-state index contributed by atoms with van der Waals surface area (Å²) >= 11 is 3.63. The molecule has 1 aromatic carbocycles. The maximum Gasteiger partial charge on any atom is 0.0642 e. The molecule has 4 nitrogen and oxygen atoms in total. The van der Waals surface area contributed by atoms with Crippen LogP contribution in [0.15, 0.2) is 22.7 Å². The summed E-state index contributed by atoms with van der Waals surface area (Å²) in [6.45, 7) is 11.3. The quantitative estimate of drug-likeness (QED) is 0.818. The fourth-order valence-corrected chi connectivity index (χ4v) is 3.98. The number of piperidine rings is 1. The Balaban J connectivity index is 0.00000208. The lowest BCUT2D eigenvalue weighted by Crippen LogP contribution is -2.52. The number of hydrogen-bond donors (Lipinski definition) is 1. The molecule has 2 heterocycles. The van der Waals surface area contributed by atoms with Gasteiger partial charge in [0.15, 0.2) is 0 Å². The molecular formula is C18H29BrClN3O. The Labute approximate surface area is 160 Å². The van der Waals surface area contributed by atoms with Gasteiger partial charge in [0.1, 0.15) is 0 Å². The lowest BCUT2D eigenvalue weighted by Gasteiger charge is -2.43. The Bertz CT molecular complexity index is 549. The third-order valence-corrected chi connectivity index (χ3v) is 5.68. The van der Waals surface area contributed by atoms with Crippen LogP contribution in [-0.4, -0.2) is 50.3 Å². The molecular weight excluding hydrogens is 390 g/mol. The Morgan fingerprint density at radius 2 is 1.96 bits per heavy atom. The molecule has 0 saturated carbocycles. The SMILES string of the molecule is CC1(C)CN(Cc2ccc(Br)cc2N2CCOCC2)CCC1N.Cl. The van der Waals surface area contributed by atoms with Gasteiger partial charge in [-0.25, -0.2) is 0 Å². The summed E-state index contributed by atoms with van der Waals surface area (Å²) in [5.41, 5.74) is 9.21. The zero-order valence-corrected chi connectivity index (χ0v) is 17.0. The van der Waals surface area contributed by atoms with Crippen molar-refractivity contribution in [2.45, 2.75) is 32.9 Å². The minimum absolute atomic E-state index is 0. The van der Waals surface area contributed by atoms with Crippen molar-refractivity contribution in [2.75, 3.05) is 44.3 Å². The second-order valence-corrected chi connectivity index (χ2v) is 8.38. The summed E-state index contributed by atoms with van der Waals surface area (Å²) in [5, 5.41) is 0. The minimum Gasteiger partial charge on any atom is -0.378 e. The normalized spacial score (nSPS) is 24.5. The second-order valence-electron chi connectivity index (χ2n) is 7.47. The molecule has 0 aromatic heterocycles. The monoisotopic (exact) mass is 417 g/mol. The molecule has 0 spiro atoms. The molecule has 2 fully saturated rings.